The zero-order chi connectivity index (χ0) is 24.8. The van der Waals surface area contributed by atoms with Crippen LogP contribution in [0.25, 0.3) is 10.9 Å². The highest BCUT2D eigenvalue weighted by Crippen LogP contribution is 2.19. The van der Waals surface area contributed by atoms with Crippen molar-refractivity contribution in [1.29, 1.82) is 0 Å². The lowest BCUT2D eigenvalue weighted by atomic mass is 10.0. The number of pyridine rings is 1. The molecule has 35 heavy (non-hydrogen) atoms. The molecule has 7 heteroatoms. The van der Waals surface area contributed by atoms with Crippen molar-refractivity contribution in [3.8, 4) is 0 Å². The Labute approximate surface area is 213 Å². The number of rotatable bonds is 8. The van der Waals surface area contributed by atoms with E-state index in [1.807, 2.05) is 37.3 Å². The van der Waals surface area contributed by atoms with Gasteiger partial charge in [0.15, 0.2) is 5.11 Å². The first-order valence-electron chi connectivity index (χ1n) is 12.4. The van der Waals surface area contributed by atoms with Crippen LogP contribution in [0.15, 0.2) is 53.3 Å². The Balaban J connectivity index is 1.52. The molecule has 2 heterocycles. The Morgan fingerprint density at radius 2 is 1.91 bits per heavy atom. The highest BCUT2D eigenvalue weighted by molar-refractivity contribution is 7.80. The number of aromatic amines is 1. The number of hydrogen-bond acceptors (Lipinski definition) is 4. The molecule has 0 aliphatic carbocycles. The van der Waals surface area contributed by atoms with Gasteiger partial charge in [-0.1, -0.05) is 36.4 Å². The van der Waals surface area contributed by atoms with Gasteiger partial charge >= 0.3 is 0 Å². The van der Waals surface area contributed by atoms with E-state index in [0.29, 0.717) is 11.7 Å². The van der Waals surface area contributed by atoms with Crippen LogP contribution >= 0.6 is 12.2 Å². The van der Waals surface area contributed by atoms with Crippen molar-refractivity contribution in [3.63, 3.8) is 0 Å². The number of ether oxygens (including phenoxy) is 1. The van der Waals surface area contributed by atoms with E-state index in [1.54, 1.807) is 0 Å². The largest absolute Gasteiger partial charge is 0.379 e. The average Bonchev–Trinajstić information content (AvgIpc) is 2.85. The van der Waals surface area contributed by atoms with Crippen molar-refractivity contribution in [2.24, 2.45) is 0 Å². The molecule has 1 saturated heterocycles. The number of nitrogens with one attached hydrogen (secondary N) is 2. The molecule has 4 rings (SSSR count). The van der Waals surface area contributed by atoms with Crippen LogP contribution in [-0.2, 0) is 11.3 Å². The number of hydrogen-bond donors (Lipinski definition) is 2. The lowest BCUT2D eigenvalue weighted by Crippen LogP contribution is -2.43. The molecule has 1 aliphatic heterocycles. The van der Waals surface area contributed by atoms with Crippen molar-refractivity contribution in [2.75, 3.05) is 39.4 Å². The summed E-state index contributed by atoms with van der Waals surface area (Å²) in [6.07, 6.45) is 0.964. The summed E-state index contributed by atoms with van der Waals surface area (Å²) < 4.78 is 5.47. The maximum atomic E-state index is 13.0. The molecule has 0 bridgehead atoms. The second-order valence-corrected chi connectivity index (χ2v) is 9.86. The molecule has 2 N–H and O–H groups in total. The summed E-state index contributed by atoms with van der Waals surface area (Å²) in [6.45, 7) is 12.0. The molecule has 1 fully saturated rings. The number of benzene rings is 2. The van der Waals surface area contributed by atoms with Crippen LogP contribution in [0.2, 0.25) is 0 Å². The summed E-state index contributed by atoms with van der Waals surface area (Å²) in [5.41, 5.74) is 5.04. The van der Waals surface area contributed by atoms with Gasteiger partial charge < -0.3 is 19.9 Å². The van der Waals surface area contributed by atoms with E-state index in [2.05, 4.69) is 52.1 Å². The smallest absolute Gasteiger partial charge is 0.253 e. The standard InChI is InChI=1S/C28H36N4O2S/c1-20-16-21(2)25-18-24(27(33)30-26(25)17-20)19-32(11-7-10-31-12-14-34-15-13-31)28(35)29-22(3)23-8-5-4-6-9-23/h4-6,8-9,16-18,22H,7,10-15,19H2,1-3H3,(H,29,35)(H,30,33)/t22-/m1/s1. The predicted octanol–water partition coefficient (Wildman–Crippen LogP) is 4.30. The molecular formula is C28H36N4O2S. The topological polar surface area (TPSA) is 60.6 Å². The summed E-state index contributed by atoms with van der Waals surface area (Å²) in [4.78, 5) is 20.7. The van der Waals surface area contributed by atoms with E-state index in [1.165, 1.54) is 5.56 Å². The van der Waals surface area contributed by atoms with Crippen molar-refractivity contribution in [2.45, 2.75) is 39.8 Å². The fourth-order valence-electron chi connectivity index (χ4n) is 4.70. The number of nitrogens with zero attached hydrogens (tertiary/aromatic N) is 2. The third-order valence-electron chi connectivity index (χ3n) is 6.68. The van der Waals surface area contributed by atoms with Crippen LogP contribution in [-0.4, -0.2) is 59.3 Å². The number of fused-ring (bicyclic) bond motifs is 1. The van der Waals surface area contributed by atoms with Gasteiger partial charge in [-0.3, -0.25) is 9.69 Å². The second kappa shape index (κ2) is 11.8. The Morgan fingerprint density at radius 3 is 2.66 bits per heavy atom. The molecular weight excluding hydrogens is 456 g/mol. The number of morpholine rings is 1. The predicted molar refractivity (Wildman–Crippen MR) is 147 cm³/mol. The van der Waals surface area contributed by atoms with Crippen molar-refractivity contribution in [3.05, 3.63) is 81.1 Å². The summed E-state index contributed by atoms with van der Waals surface area (Å²) in [7, 11) is 0. The minimum atomic E-state index is -0.0559. The van der Waals surface area contributed by atoms with Crippen molar-refractivity contribution < 1.29 is 4.74 Å². The van der Waals surface area contributed by atoms with Gasteiger partial charge in [-0.15, -0.1) is 0 Å². The minimum Gasteiger partial charge on any atom is -0.379 e. The summed E-state index contributed by atoms with van der Waals surface area (Å²) in [5.74, 6) is 0. The van der Waals surface area contributed by atoms with Crippen LogP contribution in [0.3, 0.4) is 0 Å². The molecule has 1 atom stereocenters. The number of aryl methyl sites for hydroxylation is 2. The van der Waals surface area contributed by atoms with E-state index in [0.717, 1.165) is 73.4 Å². The normalized spacial score (nSPS) is 15.2. The number of thiocarbonyl (C=S) groups is 1. The maximum absolute atomic E-state index is 13.0. The van der Waals surface area contributed by atoms with E-state index in [4.69, 9.17) is 17.0 Å². The van der Waals surface area contributed by atoms with Crippen molar-refractivity contribution in [1.82, 2.24) is 20.1 Å². The first kappa shape index (κ1) is 25.4. The monoisotopic (exact) mass is 492 g/mol. The van der Waals surface area contributed by atoms with Gasteiger partial charge in [0.1, 0.15) is 0 Å². The van der Waals surface area contributed by atoms with Gasteiger partial charge in [-0.05, 0) is 68.2 Å². The zero-order valence-electron chi connectivity index (χ0n) is 21.0. The fraction of sp³-hybridized carbons (Fsp3) is 0.429. The molecule has 186 valence electrons. The molecule has 3 aromatic rings. The molecule has 1 aliphatic rings. The molecule has 1 aromatic heterocycles. The highest BCUT2D eigenvalue weighted by Gasteiger charge is 2.17. The summed E-state index contributed by atoms with van der Waals surface area (Å²) >= 11 is 5.87. The zero-order valence-corrected chi connectivity index (χ0v) is 21.8. The Kier molecular flexibility index (Phi) is 8.55. The van der Waals surface area contributed by atoms with Gasteiger partial charge in [-0.2, -0.15) is 0 Å². The third-order valence-corrected chi connectivity index (χ3v) is 7.06. The second-order valence-electron chi connectivity index (χ2n) is 9.48. The van der Waals surface area contributed by atoms with Gasteiger partial charge in [0, 0.05) is 42.6 Å². The summed E-state index contributed by atoms with van der Waals surface area (Å²) in [5, 5.41) is 5.24. The lowest BCUT2D eigenvalue weighted by Gasteiger charge is -2.30. The van der Waals surface area contributed by atoms with Crippen LogP contribution in [0.1, 0.15) is 41.6 Å². The average molecular weight is 493 g/mol. The molecule has 0 saturated carbocycles. The Morgan fingerprint density at radius 1 is 1.17 bits per heavy atom. The third kappa shape index (κ3) is 6.69. The van der Waals surface area contributed by atoms with E-state index >= 15 is 0 Å². The van der Waals surface area contributed by atoms with Gasteiger partial charge in [0.05, 0.1) is 25.8 Å². The van der Waals surface area contributed by atoms with E-state index < -0.39 is 0 Å². The van der Waals surface area contributed by atoms with Gasteiger partial charge in [-0.25, -0.2) is 0 Å². The van der Waals surface area contributed by atoms with Crippen molar-refractivity contribution >= 4 is 28.2 Å². The molecule has 0 unspecified atom stereocenters. The lowest BCUT2D eigenvalue weighted by molar-refractivity contribution is 0.0367. The Bertz CT molecular complexity index is 1200. The first-order valence-corrected chi connectivity index (χ1v) is 12.8. The molecule has 2 aromatic carbocycles. The number of aromatic nitrogens is 1. The van der Waals surface area contributed by atoms with Crippen LogP contribution in [0.5, 0.6) is 0 Å². The van der Waals surface area contributed by atoms with Gasteiger partial charge in [0.2, 0.25) is 0 Å². The summed E-state index contributed by atoms with van der Waals surface area (Å²) in [6, 6.07) is 16.6. The minimum absolute atomic E-state index is 0.0559. The van der Waals surface area contributed by atoms with Gasteiger partial charge in [0.25, 0.3) is 5.56 Å². The SMILES string of the molecule is Cc1cc(C)c2cc(CN(CCCN3CCOCC3)C(=S)N[C@H](C)c3ccccc3)c(=O)[nH]c2c1. The molecule has 6 nitrogen and oxygen atoms in total. The van der Waals surface area contributed by atoms with E-state index in [-0.39, 0.29) is 11.6 Å². The Hall–Kier alpha value is -2.74. The van der Waals surface area contributed by atoms with Crippen LogP contribution in [0, 0.1) is 13.8 Å². The van der Waals surface area contributed by atoms with E-state index in [9.17, 15) is 4.79 Å². The van der Waals surface area contributed by atoms with Crippen LogP contribution < -0.4 is 10.9 Å². The molecule has 0 radical (unpaired) electrons. The molecule has 0 amide bonds. The van der Waals surface area contributed by atoms with Crippen LogP contribution in [0.4, 0.5) is 0 Å². The number of H-pyrrole nitrogens is 1. The quantitative estimate of drug-likeness (QED) is 0.457. The first-order chi connectivity index (χ1) is 16.9. The maximum Gasteiger partial charge on any atom is 0.253 e. The molecule has 0 spiro atoms. The highest BCUT2D eigenvalue weighted by atomic mass is 32.1. The fourth-order valence-corrected chi connectivity index (χ4v) is 5.04.